The quantitative estimate of drug-likeness (QED) is 0.278. The minimum Gasteiger partial charge on any atom is -0.370 e. The molecule has 0 radical (unpaired) electrons. The van der Waals surface area contributed by atoms with Gasteiger partial charge in [0.1, 0.15) is 0 Å². The minimum atomic E-state index is 0.186. The summed E-state index contributed by atoms with van der Waals surface area (Å²) in [6.07, 6.45) is 0. The highest BCUT2D eigenvalue weighted by Crippen LogP contribution is 1.92. The lowest BCUT2D eigenvalue weighted by molar-refractivity contribution is 0.726. The number of nitrogens with one attached hydrogen (secondary N) is 3. The van der Waals surface area contributed by atoms with Crippen LogP contribution < -0.4 is 22.1 Å². The Morgan fingerprint density at radius 1 is 1.33 bits per heavy atom. The first-order chi connectivity index (χ1) is 8.65. The Labute approximate surface area is 104 Å². The molecule has 10 nitrogen and oxygen atoms in total. The Morgan fingerprint density at radius 2 is 2.00 bits per heavy atom. The first-order valence-corrected chi connectivity index (χ1v) is 5.18. The van der Waals surface area contributed by atoms with Crippen LogP contribution in [0.25, 0.3) is 0 Å². The van der Waals surface area contributed by atoms with Crippen molar-refractivity contribution in [2.75, 3.05) is 25.5 Å². The monoisotopic (exact) mass is 252 g/mol. The van der Waals surface area contributed by atoms with Crippen LogP contribution in [0.2, 0.25) is 0 Å². The van der Waals surface area contributed by atoms with Crippen LogP contribution in [-0.4, -0.2) is 52.2 Å². The van der Waals surface area contributed by atoms with Crippen LogP contribution >= 0.6 is 0 Å². The van der Waals surface area contributed by atoms with E-state index in [-0.39, 0.29) is 25.0 Å². The molecule has 0 aliphatic carbocycles. The highest BCUT2D eigenvalue weighted by Gasteiger charge is 2.02. The maximum atomic E-state index is 7.34. The van der Waals surface area contributed by atoms with Crippen LogP contribution in [0, 0.1) is 5.41 Å². The Balaban J connectivity index is 2.45. The van der Waals surface area contributed by atoms with E-state index in [2.05, 4.69) is 36.0 Å². The Hall–Kier alpha value is -2.36. The van der Waals surface area contributed by atoms with Crippen molar-refractivity contribution < 1.29 is 0 Å². The second-order valence-corrected chi connectivity index (χ2v) is 3.26. The molecule has 1 heterocycles. The maximum Gasteiger partial charge on any atom is 0.262 e. The zero-order chi connectivity index (χ0) is 13.4. The molecular weight excluding hydrogens is 236 g/mol. The molecule has 1 aromatic heterocycles. The van der Waals surface area contributed by atoms with E-state index < -0.39 is 0 Å². The first kappa shape index (κ1) is 13.7. The van der Waals surface area contributed by atoms with Crippen molar-refractivity contribution in [2.45, 2.75) is 6.54 Å². The summed E-state index contributed by atoms with van der Waals surface area (Å²) in [5.41, 5.74) is 11.1. The Kier molecular flexibility index (Phi) is 5.38. The zero-order valence-corrected chi connectivity index (χ0v) is 10.0. The average Bonchev–Trinajstić information content (AvgIpc) is 2.43. The van der Waals surface area contributed by atoms with Crippen LogP contribution in [0.5, 0.6) is 0 Å². The van der Waals surface area contributed by atoms with Crippen LogP contribution in [0.15, 0.2) is 4.99 Å². The summed E-state index contributed by atoms with van der Waals surface area (Å²) in [7, 11) is 1.57. The average molecular weight is 252 g/mol. The van der Waals surface area contributed by atoms with Gasteiger partial charge in [-0.1, -0.05) is 0 Å². The van der Waals surface area contributed by atoms with Crippen molar-refractivity contribution in [1.29, 1.82) is 5.41 Å². The van der Waals surface area contributed by atoms with Gasteiger partial charge in [-0.15, -0.1) is 20.4 Å². The van der Waals surface area contributed by atoms with Crippen molar-refractivity contribution in [3.05, 3.63) is 5.82 Å². The van der Waals surface area contributed by atoms with Gasteiger partial charge < -0.3 is 27.5 Å². The summed E-state index contributed by atoms with van der Waals surface area (Å²) in [4.78, 5) is 3.72. The molecule has 0 saturated heterocycles. The van der Waals surface area contributed by atoms with Gasteiger partial charge in [0.05, 0.1) is 13.1 Å². The van der Waals surface area contributed by atoms with E-state index >= 15 is 0 Å². The van der Waals surface area contributed by atoms with E-state index in [0.29, 0.717) is 18.1 Å². The van der Waals surface area contributed by atoms with Gasteiger partial charge in [0.15, 0.2) is 11.8 Å². The van der Waals surface area contributed by atoms with E-state index in [9.17, 15) is 0 Å². The molecule has 0 saturated carbocycles. The third-order valence-corrected chi connectivity index (χ3v) is 1.90. The second kappa shape index (κ2) is 7.06. The fourth-order valence-electron chi connectivity index (χ4n) is 0.898. The zero-order valence-electron chi connectivity index (χ0n) is 10.0. The number of anilines is 1. The van der Waals surface area contributed by atoms with Crippen LogP contribution in [0.3, 0.4) is 0 Å². The van der Waals surface area contributed by atoms with E-state index in [1.807, 2.05) is 0 Å². The number of aliphatic imine (C=N–C) groups is 1. The molecule has 18 heavy (non-hydrogen) atoms. The molecule has 0 bridgehead atoms. The molecule has 7 N–H and O–H groups in total. The molecule has 1 rings (SSSR count). The summed E-state index contributed by atoms with van der Waals surface area (Å²) in [6, 6.07) is 0. The third-order valence-electron chi connectivity index (χ3n) is 1.90. The molecule has 98 valence electrons. The number of rotatable bonds is 6. The molecule has 0 aliphatic heterocycles. The van der Waals surface area contributed by atoms with Crippen LogP contribution in [0.1, 0.15) is 5.82 Å². The van der Waals surface area contributed by atoms with Crippen molar-refractivity contribution >= 4 is 17.6 Å². The Bertz CT molecular complexity index is 410. The molecule has 0 fully saturated rings. The van der Waals surface area contributed by atoms with Gasteiger partial charge in [-0.05, 0) is 0 Å². The summed E-state index contributed by atoms with van der Waals surface area (Å²) in [6.45, 7) is 0.750. The normalized spacial score (nSPS) is 11.1. The highest BCUT2D eigenvalue weighted by atomic mass is 15.4. The summed E-state index contributed by atoms with van der Waals surface area (Å²) in [5.74, 6) is 0.923. The fourth-order valence-corrected chi connectivity index (χ4v) is 0.898. The topological polar surface area (TPSA) is 164 Å². The summed E-state index contributed by atoms with van der Waals surface area (Å²) in [5, 5.41) is 28.1. The number of aromatic nitrogens is 4. The SMILES string of the molecule is CN=C(N)NCc1nnc(NCC(=N)CN)nn1. The standard InChI is InChI=1S/C8H16N10/c1-12-7(11)13-4-6-15-17-8(18-16-6)14-3-5(10)2-9/h10H,2-4,9H2,1H3,(H3,11,12,13)(H,14,17,18). The highest BCUT2D eigenvalue weighted by molar-refractivity contribution is 5.86. The lowest BCUT2D eigenvalue weighted by Crippen LogP contribution is -2.31. The lowest BCUT2D eigenvalue weighted by atomic mass is 10.4. The predicted octanol–water partition coefficient (Wildman–Crippen LogP) is -2.31. The first-order valence-electron chi connectivity index (χ1n) is 5.18. The molecule has 0 spiro atoms. The van der Waals surface area contributed by atoms with E-state index in [1.165, 1.54) is 0 Å². The van der Waals surface area contributed by atoms with Gasteiger partial charge >= 0.3 is 0 Å². The molecule has 0 atom stereocenters. The van der Waals surface area contributed by atoms with Gasteiger partial charge in [-0.2, -0.15) is 0 Å². The van der Waals surface area contributed by atoms with E-state index in [4.69, 9.17) is 16.9 Å². The lowest BCUT2D eigenvalue weighted by Gasteiger charge is -2.04. The van der Waals surface area contributed by atoms with Crippen LogP contribution in [-0.2, 0) is 6.54 Å². The third kappa shape index (κ3) is 4.65. The van der Waals surface area contributed by atoms with Crippen LogP contribution in [0.4, 0.5) is 5.95 Å². The number of nitrogens with two attached hydrogens (primary N) is 2. The number of hydrogen-bond donors (Lipinski definition) is 5. The molecule has 0 amide bonds. The van der Waals surface area contributed by atoms with Crippen molar-refractivity contribution in [1.82, 2.24) is 25.7 Å². The minimum absolute atomic E-state index is 0.186. The molecule has 0 aliphatic rings. The molecule has 0 aromatic carbocycles. The van der Waals surface area contributed by atoms with E-state index in [1.54, 1.807) is 7.05 Å². The Morgan fingerprint density at radius 3 is 2.56 bits per heavy atom. The van der Waals surface area contributed by atoms with Gasteiger partial charge in [0, 0.05) is 19.3 Å². The predicted molar refractivity (Wildman–Crippen MR) is 67.3 cm³/mol. The molecular formula is C8H16N10. The summed E-state index contributed by atoms with van der Waals surface area (Å²) < 4.78 is 0. The largest absolute Gasteiger partial charge is 0.370 e. The van der Waals surface area contributed by atoms with Gasteiger partial charge in [0.25, 0.3) is 5.95 Å². The number of nitrogens with zero attached hydrogens (tertiary/aromatic N) is 5. The van der Waals surface area contributed by atoms with Crippen molar-refractivity contribution in [3.8, 4) is 0 Å². The van der Waals surface area contributed by atoms with Crippen molar-refractivity contribution in [2.24, 2.45) is 16.5 Å². The molecule has 10 heteroatoms. The smallest absolute Gasteiger partial charge is 0.262 e. The van der Waals surface area contributed by atoms with Gasteiger partial charge in [-0.3, -0.25) is 4.99 Å². The maximum absolute atomic E-state index is 7.34. The van der Waals surface area contributed by atoms with E-state index in [0.717, 1.165) is 0 Å². The molecule has 1 aromatic rings. The molecule has 0 unspecified atom stereocenters. The summed E-state index contributed by atoms with van der Waals surface area (Å²) >= 11 is 0. The van der Waals surface area contributed by atoms with Crippen molar-refractivity contribution in [3.63, 3.8) is 0 Å². The van der Waals surface area contributed by atoms with Gasteiger partial charge in [-0.25, -0.2) is 0 Å². The number of hydrogen-bond acceptors (Lipinski definition) is 8. The van der Waals surface area contributed by atoms with Gasteiger partial charge in [0.2, 0.25) is 0 Å². The fraction of sp³-hybridized carbons (Fsp3) is 0.500. The second-order valence-electron chi connectivity index (χ2n) is 3.26. The number of guanidine groups is 1.